The van der Waals surface area contributed by atoms with Gasteiger partial charge in [0, 0.05) is 23.6 Å². The highest BCUT2D eigenvalue weighted by molar-refractivity contribution is 7.92. The molecule has 0 aromatic heterocycles. The molecular weight excluding hydrogens is 557 g/mol. The summed E-state index contributed by atoms with van der Waals surface area (Å²) < 4.78 is 28.9. The molecule has 3 rings (SSSR count). The van der Waals surface area contributed by atoms with Crippen LogP contribution in [-0.4, -0.2) is 44.8 Å². The minimum Gasteiger partial charge on any atom is -0.357 e. The number of hydrogen-bond acceptors (Lipinski definition) is 4. The molecule has 0 saturated carbocycles. The smallest absolute Gasteiger partial charge is 0.264 e. The van der Waals surface area contributed by atoms with Gasteiger partial charge in [-0.1, -0.05) is 60.0 Å². The van der Waals surface area contributed by atoms with Gasteiger partial charge in [0.2, 0.25) is 11.8 Å². The fourth-order valence-electron chi connectivity index (χ4n) is 4.17. The fourth-order valence-corrected chi connectivity index (χ4v) is 6.04. The van der Waals surface area contributed by atoms with Crippen molar-refractivity contribution in [2.75, 3.05) is 17.9 Å². The van der Waals surface area contributed by atoms with Crippen LogP contribution in [0.2, 0.25) is 10.0 Å². The molecule has 0 aliphatic rings. The maximum atomic E-state index is 14.0. The Kier molecular flexibility index (Phi) is 10.0. The van der Waals surface area contributed by atoms with Crippen molar-refractivity contribution in [3.63, 3.8) is 0 Å². The first-order valence-corrected chi connectivity index (χ1v) is 14.7. The molecule has 2 amide bonds. The molecule has 0 saturated heterocycles. The summed E-state index contributed by atoms with van der Waals surface area (Å²) in [4.78, 5) is 28.2. The van der Waals surface area contributed by atoms with Crippen LogP contribution in [0.25, 0.3) is 0 Å². The Morgan fingerprint density at radius 2 is 1.59 bits per heavy atom. The number of hydrogen-bond donors (Lipinski definition) is 1. The first kappa shape index (κ1) is 30.5. The third-order valence-electron chi connectivity index (χ3n) is 6.65. The molecule has 0 heterocycles. The lowest BCUT2D eigenvalue weighted by Crippen LogP contribution is -2.51. The van der Waals surface area contributed by atoms with E-state index in [1.54, 1.807) is 49.4 Å². The monoisotopic (exact) mass is 589 g/mol. The summed E-state index contributed by atoms with van der Waals surface area (Å²) in [5.41, 5.74) is 3.71. The van der Waals surface area contributed by atoms with Crippen LogP contribution in [0.5, 0.6) is 0 Å². The van der Waals surface area contributed by atoms with Crippen LogP contribution < -0.4 is 9.62 Å². The molecule has 0 bridgehead atoms. The zero-order chi connectivity index (χ0) is 28.9. The summed E-state index contributed by atoms with van der Waals surface area (Å²) in [6.07, 6.45) is 0.310. The van der Waals surface area contributed by atoms with E-state index in [-0.39, 0.29) is 17.3 Å². The number of carbonyl (C=O) groups is 2. The number of benzene rings is 3. The SMILES string of the molecule is CC[C@@H](C(=O)NC)N(Cc1ccc(Cl)cc1Cl)C(=O)CN(c1ccc(C)c(C)c1)S(=O)(=O)c1ccc(C)cc1. The molecule has 1 N–H and O–H groups in total. The van der Waals surface area contributed by atoms with Crippen LogP contribution in [0, 0.1) is 20.8 Å². The van der Waals surface area contributed by atoms with Gasteiger partial charge in [0.05, 0.1) is 10.6 Å². The average Bonchev–Trinajstić information content (AvgIpc) is 2.89. The number of rotatable bonds is 10. The topological polar surface area (TPSA) is 86.8 Å². The number of halogens is 2. The Labute approximate surface area is 240 Å². The van der Waals surface area contributed by atoms with Crippen LogP contribution in [0.4, 0.5) is 5.69 Å². The molecule has 208 valence electrons. The highest BCUT2D eigenvalue weighted by atomic mass is 35.5. The van der Waals surface area contributed by atoms with Gasteiger partial charge < -0.3 is 10.2 Å². The average molecular weight is 591 g/mol. The Hall–Kier alpha value is -3.07. The van der Waals surface area contributed by atoms with Gasteiger partial charge in [-0.3, -0.25) is 13.9 Å². The van der Waals surface area contributed by atoms with Crippen molar-refractivity contribution in [2.45, 2.75) is 51.6 Å². The van der Waals surface area contributed by atoms with Crippen molar-refractivity contribution in [3.8, 4) is 0 Å². The molecule has 0 aliphatic carbocycles. The second-order valence-corrected chi connectivity index (χ2v) is 12.1. The van der Waals surface area contributed by atoms with Gasteiger partial charge in [-0.25, -0.2) is 8.42 Å². The van der Waals surface area contributed by atoms with Gasteiger partial charge in [-0.2, -0.15) is 0 Å². The predicted molar refractivity (Wildman–Crippen MR) is 157 cm³/mol. The number of aryl methyl sites for hydroxylation is 3. The molecule has 0 aliphatic heterocycles. The van der Waals surface area contributed by atoms with Gasteiger partial charge in [0.15, 0.2) is 0 Å². The molecule has 3 aromatic carbocycles. The number of likely N-dealkylation sites (N-methyl/N-ethyl adjacent to an activating group) is 1. The van der Waals surface area contributed by atoms with Crippen LogP contribution in [-0.2, 0) is 26.2 Å². The second-order valence-electron chi connectivity index (χ2n) is 9.39. The Bertz CT molecular complexity index is 1460. The van der Waals surface area contributed by atoms with Gasteiger partial charge in [-0.15, -0.1) is 0 Å². The van der Waals surface area contributed by atoms with Gasteiger partial charge in [-0.05, 0) is 80.3 Å². The predicted octanol–water partition coefficient (Wildman–Crippen LogP) is 5.67. The largest absolute Gasteiger partial charge is 0.357 e. The summed E-state index contributed by atoms with van der Waals surface area (Å²) in [5.74, 6) is -0.916. The Balaban J connectivity index is 2.10. The van der Waals surface area contributed by atoms with Crippen molar-refractivity contribution in [1.29, 1.82) is 0 Å². The molecule has 7 nitrogen and oxygen atoms in total. The molecule has 3 aromatic rings. The van der Waals surface area contributed by atoms with Crippen LogP contribution >= 0.6 is 23.2 Å². The summed E-state index contributed by atoms with van der Waals surface area (Å²) in [5, 5.41) is 3.38. The third kappa shape index (κ3) is 7.12. The standard InChI is InChI=1S/C29H33Cl2N3O4S/c1-6-27(29(36)32-5)33(17-22-10-11-23(30)16-26(22)31)28(35)18-34(24-12-9-20(3)21(4)15-24)39(37,38)25-13-7-19(2)8-14-25/h7-16,27H,6,17-18H2,1-5H3,(H,32,36)/t27-/m0/s1. The van der Waals surface area contributed by atoms with E-state index in [0.29, 0.717) is 27.7 Å². The van der Waals surface area contributed by atoms with Crippen molar-refractivity contribution < 1.29 is 18.0 Å². The van der Waals surface area contributed by atoms with Crippen molar-refractivity contribution in [3.05, 3.63) is 93.0 Å². The van der Waals surface area contributed by atoms with Crippen molar-refractivity contribution in [2.24, 2.45) is 0 Å². The van der Waals surface area contributed by atoms with E-state index in [0.717, 1.165) is 21.0 Å². The van der Waals surface area contributed by atoms with Gasteiger partial charge >= 0.3 is 0 Å². The van der Waals surface area contributed by atoms with E-state index in [9.17, 15) is 18.0 Å². The zero-order valence-electron chi connectivity index (χ0n) is 22.7. The van der Waals surface area contributed by atoms with Crippen LogP contribution in [0.3, 0.4) is 0 Å². The third-order valence-corrected chi connectivity index (χ3v) is 9.03. The fraction of sp³-hybridized carbons (Fsp3) is 0.310. The lowest BCUT2D eigenvalue weighted by Gasteiger charge is -2.33. The molecule has 39 heavy (non-hydrogen) atoms. The number of anilines is 1. The summed E-state index contributed by atoms with van der Waals surface area (Å²) in [6.45, 7) is 6.93. The van der Waals surface area contributed by atoms with Crippen LogP contribution in [0.15, 0.2) is 65.6 Å². The first-order chi connectivity index (χ1) is 18.4. The van der Waals surface area contributed by atoms with Crippen molar-refractivity contribution >= 4 is 50.7 Å². The van der Waals surface area contributed by atoms with E-state index in [4.69, 9.17) is 23.2 Å². The normalized spacial score (nSPS) is 12.1. The molecule has 0 fully saturated rings. The van der Waals surface area contributed by atoms with E-state index in [1.165, 1.54) is 24.1 Å². The Morgan fingerprint density at radius 1 is 0.923 bits per heavy atom. The minimum absolute atomic E-state index is 0.00783. The second kappa shape index (κ2) is 12.9. The molecule has 0 radical (unpaired) electrons. The number of nitrogens with zero attached hydrogens (tertiary/aromatic N) is 2. The lowest BCUT2D eigenvalue weighted by molar-refractivity contribution is -0.140. The summed E-state index contributed by atoms with van der Waals surface area (Å²) in [6, 6.07) is 15.7. The number of carbonyl (C=O) groups excluding carboxylic acids is 2. The summed E-state index contributed by atoms with van der Waals surface area (Å²) >= 11 is 12.5. The maximum Gasteiger partial charge on any atom is 0.264 e. The van der Waals surface area contributed by atoms with Gasteiger partial charge in [0.25, 0.3) is 10.0 Å². The number of amides is 2. The lowest BCUT2D eigenvalue weighted by atomic mass is 10.1. The highest BCUT2D eigenvalue weighted by Crippen LogP contribution is 2.28. The van der Waals surface area contributed by atoms with Gasteiger partial charge in [0.1, 0.15) is 12.6 Å². The quantitative estimate of drug-likeness (QED) is 0.330. The van der Waals surface area contributed by atoms with E-state index in [2.05, 4.69) is 5.32 Å². The first-order valence-electron chi connectivity index (χ1n) is 12.5. The van der Waals surface area contributed by atoms with E-state index < -0.39 is 28.5 Å². The van der Waals surface area contributed by atoms with E-state index in [1.807, 2.05) is 26.8 Å². The molecular formula is C29H33Cl2N3O4S. The maximum absolute atomic E-state index is 14.0. The van der Waals surface area contributed by atoms with Crippen molar-refractivity contribution in [1.82, 2.24) is 10.2 Å². The molecule has 10 heteroatoms. The molecule has 1 atom stereocenters. The molecule has 0 spiro atoms. The minimum atomic E-state index is -4.13. The van der Waals surface area contributed by atoms with Crippen LogP contribution in [0.1, 0.15) is 35.6 Å². The number of nitrogens with one attached hydrogen (secondary N) is 1. The van der Waals surface area contributed by atoms with E-state index >= 15 is 0 Å². The molecule has 0 unspecified atom stereocenters. The summed E-state index contributed by atoms with van der Waals surface area (Å²) in [7, 11) is -2.64. The zero-order valence-corrected chi connectivity index (χ0v) is 25.0. The highest BCUT2D eigenvalue weighted by Gasteiger charge is 2.33. The number of sulfonamides is 1. The Morgan fingerprint density at radius 3 is 2.15 bits per heavy atom.